The van der Waals surface area contributed by atoms with Crippen molar-refractivity contribution >= 4 is 5.91 Å². The molecule has 0 unspecified atom stereocenters. The summed E-state index contributed by atoms with van der Waals surface area (Å²) in [6.07, 6.45) is 5.68. The lowest BCUT2D eigenvalue weighted by Crippen LogP contribution is -2.34. The molecule has 2 N–H and O–H groups in total. The quantitative estimate of drug-likeness (QED) is 0.563. The number of carbonyl (C=O) groups is 1. The minimum Gasteiger partial charge on any atom is -0.355 e. The molecule has 0 fully saturated rings. The van der Waals surface area contributed by atoms with Crippen LogP contribution in [0.5, 0.6) is 0 Å². The van der Waals surface area contributed by atoms with Crippen molar-refractivity contribution in [2.24, 2.45) is 5.92 Å². The molecular weight excluding hydrogens is 350 g/mol. The van der Waals surface area contributed by atoms with E-state index in [1.807, 2.05) is 55.1 Å². The highest BCUT2D eigenvalue weighted by molar-refractivity contribution is 5.77. The Morgan fingerprint density at radius 1 is 1.11 bits per heavy atom. The average Bonchev–Trinajstić information content (AvgIpc) is 3.11. The summed E-state index contributed by atoms with van der Waals surface area (Å²) < 4.78 is 1.97. The number of benzene rings is 1. The minimum atomic E-state index is 0.00778. The van der Waals surface area contributed by atoms with Gasteiger partial charge in [0.25, 0.3) is 0 Å². The predicted octanol–water partition coefficient (Wildman–Crippen LogP) is 2.86. The van der Waals surface area contributed by atoms with Gasteiger partial charge in [-0.2, -0.15) is 5.10 Å². The predicted molar refractivity (Wildman–Crippen MR) is 111 cm³/mol. The summed E-state index contributed by atoms with van der Waals surface area (Å²) in [6, 6.07) is 14.2. The summed E-state index contributed by atoms with van der Waals surface area (Å²) >= 11 is 0. The van der Waals surface area contributed by atoms with Crippen LogP contribution in [-0.4, -0.2) is 33.8 Å². The molecule has 2 heterocycles. The van der Waals surface area contributed by atoms with Crippen LogP contribution in [0, 0.1) is 5.92 Å². The second-order valence-corrected chi connectivity index (χ2v) is 7.05. The van der Waals surface area contributed by atoms with Crippen molar-refractivity contribution in [3.63, 3.8) is 0 Å². The van der Waals surface area contributed by atoms with E-state index in [1.165, 1.54) is 5.56 Å². The Hall–Kier alpha value is -2.99. The Kier molecular flexibility index (Phi) is 6.92. The van der Waals surface area contributed by atoms with E-state index in [-0.39, 0.29) is 11.8 Å². The highest BCUT2D eigenvalue weighted by Crippen LogP contribution is 2.21. The van der Waals surface area contributed by atoms with Crippen LogP contribution in [0.15, 0.2) is 61.1 Å². The van der Waals surface area contributed by atoms with Crippen LogP contribution in [0.1, 0.15) is 25.0 Å². The number of hydrogen-bond donors (Lipinski definition) is 2. The van der Waals surface area contributed by atoms with E-state index in [2.05, 4.69) is 33.9 Å². The van der Waals surface area contributed by atoms with Gasteiger partial charge >= 0.3 is 0 Å². The lowest BCUT2D eigenvalue weighted by Gasteiger charge is -2.08. The summed E-state index contributed by atoms with van der Waals surface area (Å²) in [6.45, 7) is 6.50. The number of carbonyl (C=O) groups excluding carboxylic acids is 1. The molecule has 0 bridgehead atoms. The standard InChI is InChI=1S/C22H27N5O/c1-17(2)22(28)25-12-11-24-14-20-16-27(15-18-7-4-3-5-8-18)26-21(20)19-9-6-10-23-13-19/h3-10,13,16-17,24H,11-12,14-15H2,1-2H3,(H,25,28). The van der Waals surface area contributed by atoms with Gasteiger partial charge in [0.2, 0.25) is 5.91 Å². The maximum absolute atomic E-state index is 11.6. The fourth-order valence-corrected chi connectivity index (χ4v) is 2.89. The van der Waals surface area contributed by atoms with Crippen LogP contribution in [-0.2, 0) is 17.9 Å². The summed E-state index contributed by atoms with van der Waals surface area (Å²) in [5, 5.41) is 11.1. The molecule has 0 saturated heterocycles. The summed E-state index contributed by atoms with van der Waals surface area (Å²) in [5.74, 6) is 0.0851. The number of amides is 1. The van der Waals surface area contributed by atoms with Crippen LogP contribution >= 0.6 is 0 Å². The highest BCUT2D eigenvalue weighted by Gasteiger charge is 2.12. The van der Waals surface area contributed by atoms with Crippen molar-refractivity contribution in [3.05, 3.63) is 72.2 Å². The van der Waals surface area contributed by atoms with Crippen molar-refractivity contribution in [2.45, 2.75) is 26.9 Å². The molecule has 0 spiro atoms. The van der Waals surface area contributed by atoms with Crippen molar-refractivity contribution in [2.75, 3.05) is 13.1 Å². The monoisotopic (exact) mass is 377 g/mol. The van der Waals surface area contributed by atoms with Crippen molar-refractivity contribution in [3.8, 4) is 11.3 Å². The second-order valence-electron chi connectivity index (χ2n) is 7.05. The third-order valence-corrected chi connectivity index (χ3v) is 4.40. The molecule has 0 aliphatic carbocycles. The van der Waals surface area contributed by atoms with Crippen LogP contribution in [0.3, 0.4) is 0 Å². The summed E-state index contributed by atoms with van der Waals surface area (Å²) in [7, 11) is 0. The number of pyridine rings is 1. The zero-order valence-electron chi connectivity index (χ0n) is 16.4. The van der Waals surface area contributed by atoms with E-state index in [0.717, 1.165) is 23.4 Å². The first-order chi connectivity index (χ1) is 13.6. The van der Waals surface area contributed by atoms with Gasteiger partial charge in [-0.05, 0) is 17.7 Å². The molecule has 0 aliphatic rings. The first-order valence-electron chi connectivity index (χ1n) is 9.62. The number of nitrogens with zero attached hydrogens (tertiary/aromatic N) is 3. The van der Waals surface area contributed by atoms with Crippen LogP contribution in [0.2, 0.25) is 0 Å². The normalized spacial score (nSPS) is 11.0. The smallest absolute Gasteiger partial charge is 0.222 e. The maximum atomic E-state index is 11.6. The van der Waals surface area contributed by atoms with Gasteiger partial charge in [0.15, 0.2) is 0 Å². The molecule has 28 heavy (non-hydrogen) atoms. The van der Waals surface area contributed by atoms with Gasteiger partial charge < -0.3 is 10.6 Å². The molecule has 3 aromatic rings. The molecule has 1 aromatic carbocycles. The molecule has 0 atom stereocenters. The van der Waals surface area contributed by atoms with Crippen molar-refractivity contribution in [1.29, 1.82) is 0 Å². The van der Waals surface area contributed by atoms with Gasteiger partial charge in [-0.25, -0.2) is 0 Å². The maximum Gasteiger partial charge on any atom is 0.222 e. The Balaban J connectivity index is 1.67. The third kappa shape index (κ3) is 5.50. The molecule has 2 aromatic heterocycles. The summed E-state index contributed by atoms with van der Waals surface area (Å²) in [4.78, 5) is 15.9. The Bertz CT molecular complexity index is 874. The molecular formula is C22H27N5O. The first kappa shape index (κ1) is 19.8. The zero-order chi connectivity index (χ0) is 19.8. The van der Waals surface area contributed by atoms with E-state index < -0.39 is 0 Å². The topological polar surface area (TPSA) is 71.8 Å². The van der Waals surface area contributed by atoms with Crippen LogP contribution in [0.4, 0.5) is 0 Å². The molecule has 6 heteroatoms. The molecule has 3 rings (SSSR count). The number of aromatic nitrogens is 3. The first-order valence-corrected chi connectivity index (χ1v) is 9.62. The SMILES string of the molecule is CC(C)C(=O)NCCNCc1cn(Cc2ccccc2)nc1-c1cccnc1. The number of nitrogens with one attached hydrogen (secondary N) is 2. The third-order valence-electron chi connectivity index (χ3n) is 4.40. The van der Waals surface area contributed by atoms with Gasteiger partial charge in [0, 0.05) is 55.3 Å². The van der Waals surface area contributed by atoms with Gasteiger partial charge in [-0.1, -0.05) is 44.2 Å². The molecule has 0 aliphatic heterocycles. The molecule has 1 amide bonds. The van der Waals surface area contributed by atoms with E-state index in [4.69, 9.17) is 5.10 Å². The van der Waals surface area contributed by atoms with Crippen LogP contribution < -0.4 is 10.6 Å². The van der Waals surface area contributed by atoms with Crippen LogP contribution in [0.25, 0.3) is 11.3 Å². The van der Waals surface area contributed by atoms with E-state index in [9.17, 15) is 4.79 Å². The molecule has 0 saturated carbocycles. The van der Waals surface area contributed by atoms with Crippen molar-refractivity contribution in [1.82, 2.24) is 25.4 Å². The molecule has 146 valence electrons. The average molecular weight is 377 g/mol. The minimum absolute atomic E-state index is 0.00778. The Morgan fingerprint density at radius 2 is 1.93 bits per heavy atom. The molecule has 0 radical (unpaired) electrons. The number of rotatable bonds is 9. The Morgan fingerprint density at radius 3 is 2.64 bits per heavy atom. The zero-order valence-corrected chi connectivity index (χ0v) is 16.4. The summed E-state index contributed by atoms with van der Waals surface area (Å²) in [5.41, 5.74) is 4.25. The van der Waals surface area contributed by atoms with E-state index >= 15 is 0 Å². The van der Waals surface area contributed by atoms with E-state index in [0.29, 0.717) is 19.6 Å². The van der Waals surface area contributed by atoms with Gasteiger partial charge in [-0.3, -0.25) is 14.5 Å². The lowest BCUT2D eigenvalue weighted by molar-refractivity contribution is -0.123. The fourth-order valence-electron chi connectivity index (χ4n) is 2.89. The highest BCUT2D eigenvalue weighted by atomic mass is 16.1. The lowest BCUT2D eigenvalue weighted by atomic mass is 10.1. The largest absolute Gasteiger partial charge is 0.355 e. The van der Waals surface area contributed by atoms with Gasteiger partial charge in [-0.15, -0.1) is 0 Å². The van der Waals surface area contributed by atoms with E-state index in [1.54, 1.807) is 6.20 Å². The Labute approximate surface area is 166 Å². The number of hydrogen-bond acceptors (Lipinski definition) is 4. The fraction of sp³-hybridized carbons (Fsp3) is 0.318. The van der Waals surface area contributed by atoms with Crippen molar-refractivity contribution < 1.29 is 4.79 Å². The van der Waals surface area contributed by atoms with Gasteiger partial charge in [0.1, 0.15) is 0 Å². The van der Waals surface area contributed by atoms with Gasteiger partial charge in [0.05, 0.1) is 12.2 Å². The second kappa shape index (κ2) is 9.80. The molecule has 6 nitrogen and oxygen atoms in total.